The van der Waals surface area contributed by atoms with Crippen LogP contribution < -0.4 is 10.6 Å². The van der Waals surface area contributed by atoms with Crippen LogP contribution in [0.2, 0.25) is 0 Å². The average molecular weight is 264 g/mol. The molecule has 0 atom stereocenters. The predicted molar refractivity (Wildman–Crippen MR) is 72.8 cm³/mol. The topological polar surface area (TPSA) is 58.2 Å². The molecule has 5 heteroatoms. The van der Waals surface area contributed by atoms with Gasteiger partial charge in [0.25, 0.3) is 0 Å². The van der Waals surface area contributed by atoms with Crippen molar-refractivity contribution >= 4 is 29.3 Å². The van der Waals surface area contributed by atoms with E-state index in [1.54, 1.807) is 0 Å². The van der Waals surface area contributed by atoms with Gasteiger partial charge in [-0.3, -0.25) is 9.59 Å². The summed E-state index contributed by atoms with van der Waals surface area (Å²) in [6.45, 7) is 3.86. The highest BCUT2D eigenvalue weighted by atomic mass is 32.2. The van der Waals surface area contributed by atoms with Crippen LogP contribution in [0.5, 0.6) is 0 Å². The van der Waals surface area contributed by atoms with Crippen LogP contribution in [0.25, 0.3) is 0 Å². The molecule has 0 saturated heterocycles. The molecule has 0 fully saturated rings. The highest BCUT2D eigenvalue weighted by Gasteiger charge is 2.16. The summed E-state index contributed by atoms with van der Waals surface area (Å²) in [6.07, 6.45) is 0.339. The first kappa shape index (κ1) is 13.0. The SMILES string of the molecule is CC(C)NC(=O)Cc1ccc2c(c1)NC(=O)CS2. The fourth-order valence-corrected chi connectivity index (χ4v) is 2.59. The molecule has 0 radical (unpaired) electrons. The van der Waals surface area contributed by atoms with Crippen LogP contribution >= 0.6 is 11.8 Å². The smallest absolute Gasteiger partial charge is 0.234 e. The molecule has 2 rings (SSSR count). The number of thioether (sulfide) groups is 1. The van der Waals surface area contributed by atoms with Crippen LogP contribution in [-0.2, 0) is 16.0 Å². The molecule has 0 spiro atoms. The van der Waals surface area contributed by atoms with Gasteiger partial charge in [0.1, 0.15) is 0 Å². The largest absolute Gasteiger partial charge is 0.354 e. The summed E-state index contributed by atoms with van der Waals surface area (Å²) in [5, 5.41) is 5.67. The summed E-state index contributed by atoms with van der Waals surface area (Å²) >= 11 is 1.52. The van der Waals surface area contributed by atoms with Crippen molar-refractivity contribution in [1.82, 2.24) is 5.32 Å². The number of hydrogen-bond acceptors (Lipinski definition) is 3. The second kappa shape index (κ2) is 5.44. The molecule has 1 aromatic rings. The van der Waals surface area contributed by atoms with E-state index in [4.69, 9.17) is 0 Å². The van der Waals surface area contributed by atoms with Gasteiger partial charge in [0.15, 0.2) is 0 Å². The minimum Gasteiger partial charge on any atom is -0.354 e. The highest BCUT2D eigenvalue weighted by molar-refractivity contribution is 8.00. The Morgan fingerprint density at radius 2 is 2.28 bits per heavy atom. The van der Waals surface area contributed by atoms with Crippen LogP contribution in [0.4, 0.5) is 5.69 Å². The standard InChI is InChI=1S/C13H16N2O2S/c1-8(2)14-12(16)6-9-3-4-11-10(5-9)15-13(17)7-18-11/h3-5,8H,6-7H2,1-2H3,(H,14,16)(H,15,17). The summed E-state index contributed by atoms with van der Waals surface area (Å²) in [5.41, 5.74) is 1.72. The maximum absolute atomic E-state index is 11.7. The minimum atomic E-state index is -0.000242. The van der Waals surface area contributed by atoms with Crippen molar-refractivity contribution in [2.75, 3.05) is 11.1 Å². The number of fused-ring (bicyclic) bond motifs is 1. The lowest BCUT2D eigenvalue weighted by Gasteiger charge is -2.17. The number of carbonyl (C=O) groups is 2. The molecular formula is C13H16N2O2S. The molecule has 1 heterocycles. The molecule has 1 aliphatic rings. The zero-order valence-electron chi connectivity index (χ0n) is 10.4. The van der Waals surface area contributed by atoms with Gasteiger partial charge in [-0.25, -0.2) is 0 Å². The van der Waals surface area contributed by atoms with E-state index >= 15 is 0 Å². The van der Waals surface area contributed by atoms with Crippen molar-refractivity contribution in [3.05, 3.63) is 23.8 Å². The fraction of sp³-hybridized carbons (Fsp3) is 0.385. The lowest BCUT2D eigenvalue weighted by Crippen LogP contribution is -2.31. The van der Waals surface area contributed by atoms with Crippen molar-refractivity contribution in [2.45, 2.75) is 31.2 Å². The second-order valence-electron chi connectivity index (χ2n) is 4.57. The van der Waals surface area contributed by atoms with Gasteiger partial charge in [0, 0.05) is 10.9 Å². The van der Waals surface area contributed by atoms with E-state index in [0.717, 1.165) is 16.1 Å². The Morgan fingerprint density at radius 1 is 1.50 bits per heavy atom. The van der Waals surface area contributed by atoms with Gasteiger partial charge in [-0.15, -0.1) is 11.8 Å². The van der Waals surface area contributed by atoms with E-state index in [-0.39, 0.29) is 17.9 Å². The first-order chi connectivity index (χ1) is 8.54. The quantitative estimate of drug-likeness (QED) is 0.875. The first-order valence-corrected chi connectivity index (χ1v) is 6.88. The lowest BCUT2D eigenvalue weighted by atomic mass is 10.1. The summed E-state index contributed by atoms with van der Waals surface area (Å²) < 4.78 is 0. The molecule has 0 unspecified atom stereocenters. The number of hydrogen-bond donors (Lipinski definition) is 2. The molecule has 0 saturated carbocycles. The van der Waals surface area contributed by atoms with Crippen LogP contribution in [0, 0.1) is 0 Å². The van der Waals surface area contributed by atoms with Gasteiger partial charge in [-0.2, -0.15) is 0 Å². The van der Waals surface area contributed by atoms with Gasteiger partial charge < -0.3 is 10.6 Å². The Balaban J connectivity index is 2.09. The molecule has 1 aromatic carbocycles. The Morgan fingerprint density at radius 3 is 3.00 bits per heavy atom. The minimum absolute atomic E-state index is 0.000242. The van der Waals surface area contributed by atoms with Gasteiger partial charge in [0.2, 0.25) is 11.8 Å². The summed E-state index contributed by atoms with van der Waals surface area (Å²) in [7, 11) is 0. The highest BCUT2D eigenvalue weighted by Crippen LogP contribution is 2.31. The summed E-state index contributed by atoms with van der Waals surface area (Å²) in [6, 6.07) is 5.91. The molecule has 0 aliphatic carbocycles. The molecular weight excluding hydrogens is 248 g/mol. The van der Waals surface area contributed by atoms with Gasteiger partial charge in [0.05, 0.1) is 17.9 Å². The van der Waals surface area contributed by atoms with E-state index in [0.29, 0.717) is 12.2 Å². The lowest BCUT2D eigenvalue weighted by molar-refractivity contribution is -0.121. The number of amides is 2. The molecule has 1 aliphatic heterocycles. The van der Waals surface area contributed by atoms with Crippen LogP contribution in [0.3, 0.4) is 0 Å². The van der Waals surface area contributed by atoms with E-state index in [2.05, 4.69) is 10.6 Å². The number of benzene rings is 1. The van der Waals surface area contributed by atoms with Crippen LogP contribution in [0.15, 0.2) is 23.1 Å². The summed E-state index contributed by atoms with van der Waals surface area (Å²) in [4.78, 5) is 24.0. The monoisotopic (exact) mass is 264 g/mol. The van der Waals surface area contributed by atoms with Crippen molar-refractivity contribution in [1.29, 1.82) is 0 Å². The molecule has 2 N–H and O–H groups in total. The first-order valence-electron chi connectivity index (χ1n) is 5.89. The second-order valence-corrected chi connectivity index (χ2v) is 5.58. The number of nitrogens with one attached hydrogen (secondary N) is 2. The van der Waals surface area contributed by atoms with E-state index in [9.17, 15) is 9.59 Å². The fourth-order valence-electron chi connectivity index (χ4n) is 1.80. The summed E-state index contributed by atoms with van der Waals surface area (Å²) in [5.74, 6) is 0.469. The third-order valence-corrected chi connectivity index (χ3v) is 3.56. The zero-order valence-corrected chi connectivity index (χ0v) is 11.3. The number of anilines is 1. The van der Waals surface area contributed by atoms with Crippen LogP contribution in [-0.4, -0.2) is 23.6 Å². The predicted octanol–water partition coefficient (Wildman–Crippen LogP) is 1.80. The van der Waals surface area contributed by atoms with Gasteiger partial charge >= 0.3 is 0 Å². The van der Waals surface area contributed by atoms with Crippen molar-refractivity contribution in [3.8, 4) is 0 Å². The third-order valence-electron chi connectivity index (χ3n) is 2.49. The molecule has 4 nitrogen and oxygen atoms in total. The van der Waals surface area contributed by atoms with Crippen molar-refractivity contribution in [3.63, 3.8) is 0 Å². The van der Waals surface area contributed by atoms with Crippen molar-refractivity contribution in [2.24, 2.45) is 0 Å². The van der Waals surface area contributed by atoms with Gasteiger partial charge in [-0.05, 0) is 31.5 Å². The zero-order chi connectivity index (χ0) is 13.1. The molecule has 18 heavy (non-hydrogen) atoms. The van der Waals surface area contributed by atoms with E-state index < -0.39 is 0 Å². The number of rotatable bonds is 3. The maximum Gasteiger partial charge on any atom is 0.234 e. The van der Waals surface area contributed by atoms with E-state index in [1.807, 2.05) is 32.0 Å². The maximum atomic E-state index is 11.7. The molecule has 0 aromatic heterocycles. The van der Waals surface area contributed by atoms with Crippen molar-refractivity contribution < 1.29 is 9.59 Å². The average Bonchev–Trinajstić information content (AvgIpc) is 2.27. The Kier molecular flexibility index (Phi) is 3.91. The molecule has 96 valence electrons. The van der Waals surface area contributed by atoms with E-state index in [1.165, 1.54) is 11.8 Å². The van der Waals surface area contributed by atoms with Gasteiger partial charge in [-0.1, -0.05) is 6.07 Å². The molecule has 2 amide bonds. The third kappa shape index (κ3) is 3.26. The normalized spacial score (nSPS) is 14.1. The Hall–Kier alpha value is -1.49. The molecule has 0 bridgehead atoms. The Labute approximate surface area is 111 Å². The number of carbonyl (C=O) groups excluding carboxylic acids is 2. The van der Waals surface area contributed by atoms with Crippen LogP contribution in [0.1, 0.15) is 19.4 Å². The Bertz CT molecular complexity index is 486.